The van der Waals surface area contributed by atoms with Gasteiger partial charge in [0.1, 0.15) is 5.78 Å². The lowest BCUT2D eigenvalue weighted by atomic mass is 10.1. The Morgan fingerprint density at radius 1 is 1.62 bits per heavy atom. The van der Waals surface area contributed by atoms with E-state index in [4.69, 9.17) is 0 Å². The smallest absolute Gasteiger partial charge is 0.138 e. The van der Waals surface area contributed by atoms with Crippen molar-refractivity contribution in [1.29, 1.82) is 0 Å². The van der Waals surface area contributed by atoms with Gasteiger partial charge in [0.2, 0.25) is 0 Å². The van der Waals surface area contributed by atoms with E-state index in [1.54, 1.807) is 0 Å². The molecule has 1 heterocycles. The van der Waals surface area contributed by atoms with Gasteiger partial charge in [0.05, 0.1) is 0 Å². The van der Waals surface area contributed by atoms with E-state index in [0.717, 1.165) is 19.4 Å². The molecule has 0 aromatic carbocycles. The van der Waals surface area contributed by atoms with E-state index in [-0.39, 0.29) is 0 Å². The molecule has 0 spiro atoms. The molecule has 1 saturated carbocycles. The van der Waals surface area contributed by atoms with Gasteiger partial charge in [0.25, 0.3) is 0 Å². The number of hydrogen-bond donors (Lipinski definition) is 1. The van der Waals surface area contributed by atoms with Gasteiger partial charge in [-0.3, -0.25) is 4.79 Å². The van der Waals surface area contributed by atoms with Gasteiger partial charge in [-0.2, -0.15) is 0 Å². The lowest BCUT2D eigenvalue weighted by molar-refractivity contribution is -0.121. The van der Waals surface area contributed by atoms with Crippen LogP contribution in [0.25, 0.3) is 0 Å². The molecule has 2 aliphatic rings. The van der Waals surface area contributed by atoms with E-state index in [1.165, 1.54) is 0 Å². The van der Waals surface area contributed by atoms with Gasteiger partial charge in [-0.05, 0) is 6.42 Å². The molecule has 2 unspecified atom stereocenters. The fraction of sp³-hybridized carbons (Fsp3) is 0.833. The minimum Gasteiger partial charge on any atom is -0.313 e. The van der Waals surface area contributed by atoms with Crippen LogP contribution in [0.15, 0.2) is 0 Å². The normalized spacial score (nSPS) is 43.8. The van der Waals surface area contributed by atoms with Crippen molar-refractivity contribution in [3.63, 3.8) is 0 Å². The van der Waals surface area contributed by atoms with Crippen LogP contribution in [0.5, 0.6) is 0 Å². The van der Waals surface area contributed by atoms with Gasteiger partial charge in [0.15, 0.2) is 0 Å². The van der Waals surface area contributed by atoms with Gasteiger partial charge in [-0.15, -0.1) is 0 Å². The van der Waals surface area contributed by atoms with Crippen LogP contribution in [0.2, 0.25) is 0 Å². The molecule has 2 fully saturated rings. The maximum Gasteiger partial charge on any atom is 0.138 e. The highest BCUT2D eigenvalue weighted by atomic mass is 16.1. The van der Waals surface area contributed by atoms with Crippen molar-refractivity contribution < 1.29 is 4.79 Å². The zero-order valence-corrected chi connectivity index (χ0v) is 4.68. The molecule has 0 bridgehead atoms. The third-order valence-electron chi connectivity index (χ3n) is 1.98. The molecule has 0 aromatic rings. The second kappa shape index (κ2) is 1.32. The zero-order chi connectivity index (χ0) is 5.56. The van der Waals surface area contributed by atoms with Crippen LogP contribution >= 0.6 is 0 Å². The molecule has 0 amide bonds. The van der Waals surface area contributed by atoms with Crippen LogP contribution in [0.4, 0.5) is 0 Å². The summed E-state index contributed by atoms with van der Waals surface area (Å²) in [5, 5.41) is 3.27. The van der Waals surface area contributed by atoms with E-state index in [2.05, 4.69) is 5.32 Å². The predicted octanol–water partition coefficient (Wildman–Crippen LogP) is -0.0627. The summed E-state index contributed by atoms with van der Waals surface area (Å²) < 4.78 is 0. The number of nitrogens with one attached hydrogen (secondary N) is 1. The number of fused-ring (bicyclic) bond motifs is 1. The maximum absolute atomic E-state index is 10.8. The average Bonchev–Trinajstić information content (AvgIpc) is 2.45. The fourth-order valence-electron chi connectivity index (χ4n) is 1.34. The molecule has 2 atom stereocenters. The van der Waals surface area contributed by atoms with Gasteiger partial charge in [0, 0.05) is 24.9 Å². The van der Waals surface area contributed by atoms with Crippen molar-refractivity contribution in [1.82, 2.24) is 5.32 Å². The Bertz CT molecular complexity index is 132. The minimum absolute atomic E-state index is 0.420. The lowest BCUT2D eigenvalue weighted by Gasteiger charge is -2.07. The molecule has 2 heteroatoms. The number of Topliss-reactive ketones (excluding diaryl/α,β-unsaturated/α-hetero) is 1. The van der Waals surface area contributed by atoms with E-state index in [1.807, 2.05) is 0 Å². The van der Waals surface area contributed by atoms with Crippen LogP contribution in [-0.2, 0) is 4.79 Å². The number of carbonyl (C=O) groups excluding carboxylic acids is 1. The molecule has 44 valence electrons. The molecule has 0 aromatic heterocycles. The van der Waals surface area contributed by atoms with Gasteiger partial charge < -0.3 is 5.32 Å². The Balaban J connectivity index is 2.08. The van der Waals surface area contributed by atoms with Crippen LogP contribution in [-0.4, -0.2) is 18.4 Å². The third kappa shape index (κ3) is 0.494. The first-order valence-electron chi connectivity index (χ1n) is 3.14. The summed E-state index contributed by atoms with van der Waals surface area (Å²) in [6, 6.07) is 0.580. The molecule has 2 nitrogen and oxygen atoms in total. The fourth-order valence-corrected chi connectivity index (χ4v) is 1.34. The lowest BCUT2D eigenvalue weighted by Crippen LogP contribution is -2.29. The first kappa shape index (κ1) is 4.50. The average molecular weight is 111 g/mol. The van der Waals surface area contributed by atoms with Crippen molar-refractivity contribution in [2.75, 3.05) is 6.54 Å². The van der Waals surface area contributed by atoms with E-state index < -0.39 is 0 Å². The summed E-state index contributed by atoms with van der Waals surface area (Å²) in [5.41, 5.74) is 0. The van der Waals surface area contributed by atoms with Gasteiger partial charge >= 0.3 is 0 Å². The van der Waals surface area contributed by atoms with E-state index >= 15 is 0 Å². The summed E-state index contributed by atoms with van der Waals surface area (Å²) in [6.07, 6.45) is 1.87. The predicted molar refractivity (Wildman–Crippen MR) is 29.5 cm³/mol. The molecule has 0 radical (unpaired) electrons. The number of carbonyl (C=O) groups is 1. The first-order chi connectivity index (χ1) is 3.88. The summed E-state index contributed by atoms with van der Waals surface area (Å²) in [5.74, 6) is 0.900. The summed E-state index contributed by atoms with van der Waals surface area (Å²) in [6.45, 7) is 0.917. The van der Waals surface area contributed by atoms with E-state index in [0.29, 0.717) is 17.7 Å². The second-order valence-electron chi connectivity index (χ2n) is 2.62. The largest absolute Gasteiger partial charge is 0.313 e. The molecule has 1 saturated heterocycles. The third-order valence-corrected chi connectivity index (χ3v) is 1.98. The second-order valence-corrected chi connectivity index (χ2v) is 2.62. The van der Waals surface area contributed by atoms with Crippen molar-refractivity contribution in [3.8, 4) is 0 Å². The summed E-state index contributed by atoms with van der Waals surface area (Å²) >= 11 is 0. The first-order valence-corrected chi connectivity index (χ1v) is 3.14. The molecule has 1 aliphatic carbocycles. The molecular weight excluding hydrogens is 102 g/mol. The van der Waals surface area contributed by atoms with Crippen LogP contribution < -0.4 is 5.32 Å². The standard InChI is InChI=1S/C6H9NO/c8-6-1-2-7-5-3-4(5)6/h4-5,7H,1-3H2. The van der Waals surface area contributed by atoms with Crippen LogP contribution in [0.1, 0.15) is 12.8 Å². The van der Waals surface area contributed by atoms with Crippen LogP contribution in [0, 0.1) is 5.92 Å². The topological polar surface area (TPSA) is 29.1 Å². The highest BCUT2D eigenvalue weighted by molar-refractivity contribution is 5.85. The maximum atomic E-state index is 10.8. The van der Waals surface area contributed by atoms with Crippen LogP contribution in [0.3, 0.4) is 0 Å². The van der Waals surface area contributed by atoms with Crippen molar-refractivity contribution in [3.05, 3.63) is 0 Å². The Labute approximate surface area is 48.3 Å². The molecule has 1 aliphatic heterocycles. The number of ketones is 1. The molecule has 2 rings (SSSR count). The minimum atomic E-state index is 0.420. The molecular formula is C6H9NO. The zero-order valence-electron chi connectivity index (χ0n) is 4.68. The highest BCUT2D eigenvalue weighted by Crippen LogP contribution is 2.34. The summed E-state index contributed by atoms with van der Waals surface area (Å²) in [7, 11) is 0. The Kier molecular flexibility index (Phi) is 0.742. The van der Waals surface area contributed by atoms with Crippen molar-refractivity contribution >= 4 is 5.78 Å². The van der Waals surface area contributed by atoms with Crippen molar-refractivity contribution in [2.45, 2.75) is 18.9 Å². The summed E-state index contributed by atoms with van der Waals surface area (Å²) in [4.78, 5) is 10.8. The molecule has 8 heavy (non-hydrogen) atoms. The van der Waals surface area contributed by atoms with Crippen molar-refractivity contribution in [2.24, 2.45) is 5.92 Å². The van der Waals surface area contributed by atoms with Gasteiger partial charge in [-0.25, -0.2) is 0 Å². The number of rotatable bonds is 0. The number of piperidine rings is 1. The monoisotopic (exact) mass is 111 g/mol. The number of hydrogen-bond acceptors (Lipinski definition) is 2. The Morgan fingerprint density at radius 3 is 3.12 bits per heavy atom. The molecule has 1 N–H and O–H groups in total. The van der Waals surface area contributed by atoms with E-state index in [9.17, 15) is 4.79 Å². The van der Waals surface area contributed by atoms with Gasteiger partial charge in [-0.1, -0.05) is 0 Å². The highest BCUT2D eigenvalue weighted by Gasteiger charge is 2.44. The Hall–Kier alpha value is -0.370. The Morgan fingerprint density at radius 2 is 2.50 bits per heavy atom. The SMILES string of the molecule is O=C1CCNC2CC12. The quantitative estimate of drug-likeness (QED) is 0.474.